The maximum absolute atomic E-state index is 12.2. The molecule has 0 unspecified atom stereocenters. The molecule has 3 rings (SSSR count). The Bertz CT molecular complexity index is 486. The Kier molecular flexibility index (Phi) is 4.29. The Labute approximate surface area is 126 Å². The number of hydrogen-bond donors (Lipinski definition) is 2. The summed E-state index contributed by atoms with van der Waals surface area (Å²) in [7, 11) is 0. The molecule has 1 saturated heterocycles. The second-order valence-corrected chi connectivity index (χ2v) is 6.57. The van der Waals surface area contributed by atoms with Gasteiger partial charge in [0.15, 0.2) is 0 Å². The van der Waals surface area contributed by atoms with Gasteiger partial charge in [0.25, 0.3) is 0 Å². The van der Waals surface area contributed by atoms with Crippen molar-refractivity contribution in [3.8, 4) is 0 Å². The van der Waals surface area contributed by atoms with E-state index in [1.165, 1.54) is 6.42 Å². The van der Waals surface area contributed by atoms with Gasteiger partial charge in [-0.25, -0.2) is 4.98 Å². The van der Waals surface area contributed by atoms with Crippen LogP contribution in [-0.2, 0) is 4.79 Å². The van der Waals surface area contributed by atoms with E-state index < -0.39 is 0 Å². The Morgan fingerprint density at radius 1 is 1.38 bits per heavy atom. The lowest BCUT2D eigenvalue weighted by Gasteiger charge is -2.37. The monoisotopic (exact) mass is 290 g/mol. The number of nitrogens with one attached hydrogen (secondary N) is 2. The number of imidazole rings is 1. The van der Waals surface area contributed by atoms with Crippen molar-refractivity contribution >= 4 is 5.91 Å². The molecule has 2 fully saturated rings. The van der Waals surface area contributed by atoms with Crippen molar-refractivity contribution in [3.05, 3.63) is 17.7 Å². The number of aryl methyl sites for hydroxylation is 1. The van der Waals surface area contributed by atoms with Crippen LogP contribution in [0.4, 0.5) is 0 Å². The fourth-order valence-corrected chi connectivity index (χ4v) is 3.27. The van der Waals surface area contributed by atoms with E-state index in [-0.39, 0.29) is 6.04 Å². The molecule has 1 amide bonds. The summed E-state index contributed by atoms with van der Waals surface area (Å²) >= 11 is 0. The molecule has 1 saturated carbocycles. The number of hydrogen-bond acceptors (Lipinski definition) is 3. The molecule has 5 nitrogen and oxygen atoms in total. The molecular weight excluding hydrogens is 264 g/mol. The number of H-pyrrole nitrogens is 1. The van der Waals surface area contributed by atoms with Crippen molar-refractivity contribution < 1.29 is 4.79 Å². The van der Waals surface area contributed by atoms with Crippen molar-refractivity contribution in [2.45, 2.75) is 58.0 Å². The SMILES string of the molecule is Cc1cnc([C@H](C)NC2CCN(C(=O)C3CCC3)CC2)[nH]1. The van der Waals surface area contributed by atoms with Gasteiger partial charge in [0.1, 0.15) is 5.82 Å². The quantitative estimate of drug-likeness (QED) is 0.893. The summed E-state index contributed by atoms with van der Waals surface area (Å²) in [5, 5.41) is 3.63. The number of rotatable bonds is 4. The fraction of sp³-hybridized carbons (Fsp3) is 0.750. The van der Waals surface area contributed by atoms with E-state index in [4.69, 9.17) is 0 Å². The number of piperidine rings is 1. The molecule has 116 valence electrons. The Hall–Kier alpha value is -1.36. The van der Waals surface area contributed by atoms with Crippen molar-refractivity contribution in [1.29, 1.82) is 0 Å². The third kappa shape index (κ3) is 3.28. The molecule has 1 aromatic heterocycles. The maximum Gasteiger partial charge on any atom is 0.225 e. The summed E-state index contributed by atoms with van der Waals surface area (Å²) in [5.41, 5.74) is 1.10. The van der Waals surface area contributed by atoms with Crippen LogP contribution >= 0.6 is 0 Å². The molecular formula is C16H26N4O. The van der Waals surface area contributed by atoms with Gasteiger partial charge >= 0.3 is 0 Å². The van der Waals surface area contributed by atoms with Crippen LogP contribution in [0, 0.1) is 12.8 Å². The predicted molar refractivity (Wildman–Crippen MR) is 81.8 cm³/mol. The second kappa shape index (κ2) is 6.18. The highest BCUT2D eigenvalue weighted by molar-refractivity contribution is 5.79. The van der Waals surface area contributed by atoms with E-state index in [1.807, 2.05) is 13.1 Å². The molecule has 2 aliphatic rings. The average Bonchev–Trinajstić information content (AvgIpc) is 2.84. The van der Waals surface area contributed by atoms with Crippen molar-refractivity contribution in [2.24, 2.45) is 5.92 Å². The number of carbonyl (C=O) groups is 1. The van der Waals surface area contributed by atoms with Gasteiger partial charge < -0.3 is 15.2 Å². The van der Waals surface area contributed by atoms with Gasteiger partial charge in [-0.1, -0.05) is 6.42 Å². The smallest absolute Gasteiger partial charge is 0.225 e. The normalized spacial score (nSPS) is 22.1. The number of aromatic nitrogens is 2. The molecule has 2 N–H and O–H groups in total. The van der Waals surface area contributed by atoms with Crippen molar-refractivity contribution in [3.63, 3.8) is 0 Å². The summed E-state index contributed by atoms with van der Waals surface area (Å²) in [6.07, 6.45) is 7.39. The number of nitrogens with zero attached hydrogens (tertiary/aromatic N) is 2. The van der Waals surface area contributed by atoms with E-state index >= 15 is 0 Å². The van der Waals surface area contributed by atoms with Crippen LogP contribution in [0.3, 0.4) is 0 Å². The molecule has 1 aliphatic heterocycles. The lowest BCUT2D eigenvalue weighted by Crippen LogP contribution is -2.48. The van der Waals surface area contributed by atoms with Gasteiger partial charge in [-0.2, -0.15) is 0 Å². The van der Waals surface area contributed by atoms with Crippen LogP contribution in [0.1, 0.15) is 56.6 Å². The minimum atomic E-state index is 0.234. The summed E-state index contributed by atoms with van der Waals surface area (Å²) in [5.74, 6) is 1.73. The van der Waals surface area contributed by atoms with Gasteiger partial charge in [-0.15, -0.1) is 0 Å². The topological polar surface area (TPSA) is 61.0 Å². The summed E-state index contributed by atoms with van der Waals surface area (Å²) in [4.78, 5) is 22.0. The Balaban J connectivity index is 1.46. The van der Waals surface area contributed by atoms with E-state index in [1.54, 1.807) is 0 Å². The first-order valence-electron chi connectivity index (χ1n) is 8.20. The highest BCUT2D eigenvalue weighted by atomic mass is 16.2. The Morgan fingerprint density at radius 3 is 2.62 bits per heavy atom. The molecule has 5 heteroatoms. The second-order valence-electron chi connectivity index (χ2n) is 6.57. The van der Waals surface area contributed by atoms with Crippen LogP contribution in [0.5, 0.6) is 0 Å². The van der Waals surface area contributed by atoms with Crippen molar-refractivity contribution in [1.82, 2.24) is 20.2 Å². The van der Waals surface area contributed by atoms with Gasteiger partial charge in [0, 0.05) is 36.9 Å². The van der Waals surface area contributed by atoms with Crippen LogP contribution in [0.2, 0.25) is 0 Å². The number of carbonyl (C=O) groups excluding carboxylic acids is 1. The predicted octanol–water partition coefficient (Wildman–Crippen LogP) is 2.16. The Morgan fingerprint density at radius 2 is 2.10 bits per heavy atom. The minimum absolute atomic E-state index is 0.234. The molecule has 21 heavy (non-hydrogen) atoms. The summed E-state index contributed by atoms with van der Waals surface area (Å²) in [6.45, 7) is 5.96. The average molecular weight is 290 g/mol. The highest BCUT2D eigenvalue weighted by Gasteiger charge is 2.31. The zero-order valence-corrected chi connectivity index (χ0v) is 13.1. The maximum atomic E-state index is 12.2. The lowest BCUT2D eigenvalue weighted by atomic mass is 9.84. The third-order valence-electron chi connectivity index (χ3n) is 4.88. The molecule has 0 spiro atoms. The zero-order chi connectivity index (χ0) is 14.8. The molecule has 1 atom stereocenters. The number of likely N-dealkylation sites (tertiary alicyclic amines) is 1. The first-order chi connectivity index (χ1) is 10.1. The molecule has 2 heterocycles. The van der Waals surface area contributed by atoms with E-state index in [2.05, 4.69) is 27.1 Å². The highest BCUT2D eigenvalue weighted by Crippen LogP contribution is 2.29. The first kappa shape index (κ1) is 14.6. The van der Waals surface area contributed by atoms with Crippen LogP contribution in [0.25, 0.3) is 0 Å². The number of amides is 1. The molecule has 0 bridgehead atoms. The lowest BCUT2D eigenvalue weighted by molar-refractivity contribution is -0.139. The molecule has 1 aliphatic carbocycles. The zero-order valence-electron chi connectivity index (χ0n) is 13.1. The summed E-state index contributed by atoms with van der Waals surface area (Å²) < 4.78 is 0. The van der Waals surface area contributed by atoms with Gasteiger partial charge in [0.05, 0.1) is 6.04 Å². The third-order valence-corrected chi connectivity index (χ3v) is 4.88. The minimum Gasteiger partial charge on any atom is -0.345 e. The standard InChI is InChI=1S/C16H26N4O/c1-11-10-17-15(18-11)12(2)19-14-6-8-20(9-7-14)16(21)13-4-3-5-13/h10,12-14,19H,3-9H2,1-2H3,(H,17,18)/t12-/m0/s1. The van der Waals surface area contributed by atoms with Crippen LogP contribution < -0.4 is 5.32 Å². The largest absolute Gasteiger partial charge is 0.345 e. The van der Waals surface area contributed by atoms with E-state index in [0.717, 1.165) is 50.3 Å². The van der Waals surface area contributed by atoms with Crippen LogP contribution in [0.15, 0.2) is 6.20 Å². The van der Waals surface area contributed by atoms with E-state index in [0.29, 0.717) is 17.9 Å². The van der Waals surface area contributed by atoms with Gasteiger partial charge in [-0.05, 0) is 39.5 Å². The summed E-state index contributed by atoms with van der Waals surface area (Å²) in [6, 6.07) is 0.716. The first-order valence-corrected chi connectivity index (χ1v) is 8.20. The number of aromatic amines is 1. The molecule has 0 aromatic carbocycles. The van der Waals surface area contributed by atoms with Gasteiger partial charge in [0.2, 0.25) is 5.91 Å². The van der Waals surface area contributed by atoms with Crippen molar-refractivity contribution in [2.75, 3.05) is 13.1 Å². The molecule has 0 radical (unpaired) electrons. The van der Waals surface area contributed by atoms with Gasteiger partial charge in [-0.3, -0.25) is 4.79 Å². The fourth-order valence-electron chi connectivity index (χ4n) is 3.27. The van der Waals surface area contributed by atoms with E-state index in [9.17, 15) is 4.79 Å². The molecule has 1 aromatic rings. The van der Waals surface area contributed by atoms with Crippen LogP contribution in [-0.4, -0.2) is 39.9 Å².